The lowest BCUT2D eigenvalue weighted by Gasteiger charge is -2.04. The van der Waals surface area contributed by atoms with Gasteiger partial charge in [0.05, 0.1) is 18.4 Å². The third-order valence-corrected chi connectivity index (χ3v) is 2.51. The van der Waals surface area contributed by atoms with Gasteiger partial charge < -0.3 is 14.8 Å². The quantitative estimate of drug-likeness (QED) is 0.825. The highest BCUT2D eigenvalue weighted by molar-refractivity contribution is 5.95. The topological polar surface area (TPSA) is 62.3 Å². The van der Waals surface area contributed by atoms with Gasteiger partial charge in [-0.1, -0.05) is 0 Å². The molecule has 0 radical (unpaired) electrons. The number of rotatable bonds is 2. The summed E-state index contributed by atoms with van der Waals surface area (Å²) in [5.41, 5.74) is -1.30. The maximum absolute atomic E-state index is 13.5. The molecule has 1 heterocycles. The molecule has 0 atom stereocenters. The van der Waals surface area contributed by atoms with Crippen molar-refractivity contribution in [2.45, 2.75) is 0 Å². The van der Waals surface area contributed by atoms with E-state index in [2.05, 4.69) is 9.72 Å². The number of hydrogen-bond acceptors (Lipinski definition) is 3. The number of benzene rings is 1. The summed E-state index contributed by atoms with van der Waals surface area (Å²) in [6.45, 7) is 0. The predicted molar refractivity (Wildman–Crippen MR) is 59.1 cm³/mol. The molecule has 0 aliphatic heterocycles. The van der Waals surface area contributed by atoms with Gasteiger partial charge in [0.15, 0.2) is 5.75 Å². The fourth-order valence-corrected chi connectivity index (χ4v) is 1.65. The number of esters is 1. The van der Waals surface area contributed by atoms with Crippen LogP contribution in [0.4, 0.5) is 13.2 Å². The zero-order chi connectivity index (χ0) is 14.2. The zero-order valence-electron chi connectivity index (χ0n) is 9.63. The maximum atomic E-state index is 13.5. The molecule has 1 aromatic carbocycles. The van der Waals surface area contributed by atoms with Crippen LogP contribution < -0.4 is 0 Å². The van der Waals surface area contributed by atoms with Crippen LogP contribution in [0.1, 0.15) is 10.4 Å². The van der Waals surface area contributed by atoms with Gasteiger partial charge in [-0.15, -0.1) is 0 Å². The normalized spacial score (nSPS) is 10.5. The minimum absolute atomic E-state index is 0.277. The summed E-state index contributed by atoms with van der Waals surface area (Å²) >= 11 is 0. The third kappa shape index (κ3) is 2.14. The Morgan fingerprint density at radius 1 is 1.26 bits per heavy atom. The van der Waals surface area contributed by atoms with E-state index in [0.717, 1.165) is 13.3 Å². The average Bonchev–Trinajstić information content (AvgIpc) is 2.69. The van der Waals surface area contributed by atoms with E-state index >= 15 is 0 Å². The van der Waals surface area contributed by atoms with Gasteiger partial charge >= 0.3 is 5.97 Å². The van der Waals surface area contributed by atoms with Crippen molar-refractivity contribution in [3.8, 4) is 17.0 Å². The highest BCUT2D eigenvalue weighted by atomic mass is 19.1. The van der Waals surface area contributed by atoms with Crippen LogP contribution in [0.2, 0.25) is 0 Å². The third-order valence-electron chi connectivity index (χ3n) is 2.51. The Morgan fingerprint density at radius 2 is 1.84 bits per heavy atom. The SMILES string of the molecule is COC(=O)c1c[nH]c(-c2c(F)cc(F)cc2F)c1O. The molecule has 2 rings (SSSR count). The first-order chi connectivity index (χ1) is 8.95. The van der Waals surface area contributed by atoms with Gasteiger partial charge in [-0.25, -0.2) is 18.0 Å². The summed E-state index contributed by atoms with van der Waals surface area (Å²) in [5.74, 6) is -5.03. The summed E-state index contributed by atoms with van der Waals surface area (Å²) < 4.78 is 44.2. The number of aromatic nitrogens is 1. The first-order valence-corrected chi connectivity index (χ1v) is 5.09. The van der Waals surface area contributed by atoms with E-state index in [9.17, 15) is 23.1 Å². The number of aromatic hydroxyl groups is 1. The summed E-state index contributed by atoms with van der Waals surface area (Å²) in [7, 11) is 1.09. The Balaban J connectivity index is 2.61. The van der Waals surface area contributed by atoms with E-state index in [1.165, 1.54) is 0 Å². The number of hydrogen-bond donors (Lipinski definition) is 2. The summed E-state index contributed by atoms with van der Waals surface area (Å²) in [5, 5.41) is 9.74. The molecule has 0 fully saturated rings. The molecule has 0 saturated heterocycles. The van der Waals surface area contributed by atoms with Gasteiger partial charge in [0.1, 0.15) is 23.0 Å². The summed E-state index contributed by atoms with van der Waals surface area (Å²) in [4.78, 5) is 13.6. The van der Waals surface area contributed by atoms with E-state index in [-0.39, 0.29) is 11.3 Å². The molecule has 0 saturated carbocycles. The Kier molecular flexibility index (Phi) is 3.20. The Hall–Kier alpha value is -2.44. The van der Waals surface area contributed by atoms with Crippen LogP contribution in [0.5, 0.6) is 5.75 Å². The second-order valence-corrected chi connectivity index (χ2v) is 3.66. The molecule has 2 N–H and O–H groups in total. The number of nitrogens with one attached hydrogen (secondary N) is 1. The van der Waals surface area contributed by atoms with Gasteiger partial charge in [-0.3, -0.25) is 0 Å². The van der Waals surface area contributed by atoms with Crippen molar-refractivity contribution in [2.24, 2.45) is 0 Å². The minimum Gasteiger partial charge on any atom is -0.505 e. The van der Waals surface area contributed by atoms with E-state index in [4.69, 9.17) is 0 Å². The lowest BCUT2D eigenvalue weighted by molar-refractivity contribution is 0.0598. The second-order valence-electron chi connectivity index (χ2n) is 3.66. The number of ether oxygens (including phenoxy) is 1. The van der Waals surface area contributed by atoms with Crippen LogP contribution in [0.15, 0.2) is 18.3 Å². The zero-order valence-corrected chi connectivity index (χ0v) is 9.63. The molecule has 0 bridgehead atoms. The highest BCUT2D eigenvalue weighted by Gasteiger charge is 2.23. The first-order valence-electron chi connectivity index (χ1n) is 5.09. The molecule has 0 spiro atoms. The predicted octanol–water partition coefficient (Wildman–Crippen LogP) is 2.59. The molecular weight excluding hydrogens is 263 g/mol. The molecule has 4 nitrogen and oxygen atoms in total. The van der Waals surface area contributed by atoms with Crippen molar-refractivity contribution < 1.29 is 27.8 Å². The van der Waals surface area contributed by atoms with Crippen LogP contribution in [0, 0.1) is 17.5 Å². The number of methoxy groups -OCH3 is 1. The van der Waals surface area contributed by atoms with Crippen LogP contribution in [0.3, 0.4) is 0 Å². The number of aromatic amines is 1. The molecule has 19 heavy (non-hydrogen) atoms. The van der Waals surface area contributed by atoms with Crippen LogP contribution in [-0.2, 0) is 4.74 Å². The number of carbonyl (C=O) groups is 1. The Morgan fingerprint density at radius 3 is 2.37 bits per heavy atom. The van der Waals surface area contributed by atoms with Gasteiger partial charge in [-0.2, -0.15) is 0 Å². The molecule has 100 valence electrons. The lowest BCUT2D eigenvalue weighted by Crippen LogP contribution is -1.99. The lowest BCUT2D eigenvalue weighted by atomic mass is 10.1. The molecule has 0 amide bonds. The Bertz CT molecular complexity index is 629. The van der Waals surface area contributed by atoms with Crippen molar-refractivity contribution in [3.63, 3.8) is 0 Å². The van der Waals surface area contributed by atoms with E-state index in [1.54, 1.807) is 0 Å². The molecule has 0 unspecified atom stereocenters. The standard InChI is InChI=1S/C12H8F3NO3/c1-19-12(18)6-4-16-10(11(6)17)9-7(14)2-5(13)3-8(9)15/h2-4,16-17H,1H3. The van der Waals surface area contributed by atoms with Crippen LogP contribution >= 0.6 is 0 Å². The molecule has 7 heteroatoms. The number of carbonyl (C=O) groups excluding carboxylic acids is 1. The highest BCUT2D eigenvalue weighted by Crippen LogP contribution is 2.35. The fraction of sp³-hybridized carbons (Fsp3) is 0.0833. The molecule has 2 aromatic rings. The van der Waals surface area contributed by atoms with Crippen molar-refractivity contribution >= 4 is 5.97 Å². The molecular formula is C12H8F3NO3. The smallest absolute Gasteiger partial charge is 0.343 e. The molecule has 0 aliphatic carbocycles. The summed E-state index contributed by atoms with van der Waals surface area (Å²) in [6, 6.07) is 0.938. The van der Waals surface area contributed by atoms with Crippen LogP contribution in [-0.4, -0.2) is 23.2 Å². The van der Waals surface area contributed by atoms with Crippen LogP contribution in [0.25, 0.3) is 11.3 Å². The van der Waals surface area contributed by atoms with Crippen molar-refractivity contribution in [1.29, 1.82) is 0 Å². The van der Waals surface area contributed by atoms with Crippen molar-refractivity contribution in [3.05, 3.63) is 41.3 Å². The van der Waals surface area contributed by atoms with Gasteiger partial charge in [0, 0.05) is 18.3 Å². The van der Waals surface area contributed by atoms with Gasteiger partial charge in [0.25, 0.3) is 0 Å². The molecule has 0 aliphatic rings. The maximum Gasteiger partial charge on any atom is 0.343 e. The van der Waals surface area contributed by atoms with Gasteiger partial charge in [-0.05, 0) is 0 Å². The minimum atomic E-state index is -1.20. The number of halogens is 3. The first kappa shape index (κ1) is 13.0. The summed E-state index contributed by atoms with van der Waals surface area (Å²) in [6.07, 6.45) is 1.04. The average molecular weight is 271 g/mol. The van der Waals surface area contributed by atoms with E-state index < -0.39 is 34.7 Å². The largest absolute Gasteiger partial charge is 0.505 e. The van der Waals surface area contributed by atoms with Gasteiger partial charge in [0.2, 0.25) is 0 Å². The Labute approximate surface area is 105 Å². The van der Waals surface area contributed by atoms with E-state index in [1.807, 2.05) is 0 Å². The monoisotopic (exact) mass is 271 g/mol. The van der Waals surface area contributed by atoms with E-state index in [0.29, 0.717) is 12.1 Å². The second kappa shape index (κ2) is 4.68. The van der Waals surface area contributed by atoms with Crippen molar-refractivity contribution in [1.82, 2.24) is 4.98 Å². The fourth-order valence-electron chi connectivity index (χ4n) is 1.65. The number of H-pyrrole nitrogens is 1. The molecule has 1 aromatic heterocycles. The van der Waals surface area contributed by atoms with Crippen molar-refractivity contribution in [2.75, 3.05) is 7.11 Å².